The van der Waals surface area contributed by atoms with Gasteiger partial charge < -0.3 is 205 Å². The van der Waals surface area contributed by atoms with Gasteiger partial charge in [0.05, 0.1) is 52.9 Å². The Balaban J connectivity index is 1.17. The topological polar surface area (TPSA) is 700 Å². The van der Waals surface area contributed by atoms with Gasteiger partial charge in [0.1, 0.15) is 195 Å². The van der Waals surface area contributed by atoms with Crippen LogP contribution in [-0.2, 0) is 90.2 Å². The minimum Gasteiger partial charge on any atom is -0.394 e. The van der Waals surface area contributed by atoms with Crippen molar-refractivity contribution in [2.45, 2.75) is 273 Å². The minimum absolute atomic E-state index is 0.773. The summed E-state index contributed by atoms with van der Waals surface area (Å²) in [5, 5.41) is 253. The summed E-state index contributed by atoms with van der Waals surface area (Å²) in [6, 6.07) is -7.12. The number of aliphatic hydroxyl groups excluding tert-OH is 22. The van der Waals surface area contributed by atoms with Gasteiger partial charge in [-0.2, -0.15) is 0 Å². The first-order valence-corrected chi connectivity index (χ1v) is 32.1. The Labute approximate surface area is 572 Å². The molecular weight excluding hydrogens is 1380 g/mol. The van der Waals surface area contributed by atoms with Crippen LogP contribution >= 0.6 is 0 Å². The van der Waals surface area contributed by atoms with Crippen LogP contribution in [0.5, 0.6) is 0 Å². The molecule has 45 heteroatoms. The molecule has 0 bridgehead atoms. The highest BCUT2D eigenvalue weighted by molar-refractivity contribution is 5.74. The lowest BCUT2D eigenvalue weighted by Gasteiger charge is -2.51. The molecule has 8 saturated heterocycles. The summed E-state index contributed by atoms with van der Waals surface area (Å²) in [5.41, 5.74) is 0. The van der Waals surface area contributed by atoms with Crippen LogP contribution in [0, 0.1) is 0 Å². The number of carbonyl (C=O) groups is 4. The first kappa shape index (κ1) is 83.0. The lowest BCUT2D eigenvalue weighted by molar-refractivity contribution is -0.402. The predicted molar refractivity (Wildman–Crippen MR) is 311 cm³/mol. The summed E-state index contributed by atoms with van der Waals surface area (Å²) in [7, 11) is 0. The van der Waals surface area contributed by atoms with Crippen molar-refractivity contribution < 1.29 is 203 Å². The van der Waals surface area contributed by atoms with Crippen molar-refractivity contribution in [1.82, 2.24) is 21.3 Å². The molecule has 0 radical (unpaired) electrons. The van der Waals surface area contributed by atoms with E-state index in [-0.39, 0.29) is 0 Å². The number of aliphatic hydroxyl groups is 22. The lowest BCUT2D eigenvalue weighted by atomic mass is 9.93. The van der Waals surface area contributed by atoms with Gasteiger partial charge >= 0.3 is 0 Å². The van der Waals surface area contributed by atoms with Crippen molar-refractivity contribution in [1.29, 1.82) is 0 Å². The summed E-state index contributed by atoms with van der Waals surface area (Å²) in [6.45, 7) is -4.65. The number of amides is 4. The largest absolute Gasteiger partial charge is 0.394 e. The summed E-state index contributed by atoms with van der Waals surface area (Å²) in [6.07, 6.45) is -74.1. The Morgan fingerprint density at radius 2 is 0.545 bits per heavy atom. The molecule has 8 aliphatic heterocycles. The van der Waals surface area contributed by atoms with Crippen LogP contribution in [0.3, 0.4) is 0 Å². The molecule has 26 N–H and O–H groups in total. The molecule has 584 valence electrons. The highest BCUT2D eigenvalue weighted by Gasteiger charge is 2.60. The first-order chi connectivity index (χ1) is 47.8. The standard InChI is InChI=1S/C56H94N4O41/c1-13(68)57-25-36(79)43(21(9-65)88-49(25)86)96-52-28(60-16(4)71)37(80)44(22(10-66)93-52)98-55-42(85)47(33(76)24(95-55)12-87-53-41(84)46(32(75)20(8-64)91-53)99-54-39(82)38(81)31(74)19(7-63)92-54)100-56-48(101-51-27(59-15(3)70)35(78)30(73)18(6-62)90-51)40(83)45(23(11-67)94-56)97-50-26(58-14(2)69)34(77)29(72)17(5-61)89-50/h17-56,61-67,72-86H,5-12H2,1-4H3,(H,57,68)(H,58,69)(H,59,70)(H,60,71)/t17-,18-,19-,20-,21-,22-,23-,24-,25-,26-,27-,28-,29-,30-,31-,32-,33-,34+,35-,36-,37-,38+,39+,40+,41+,42+,43-,44-,45-,46+,47+,48+,49?,50+,51+,52+,53+,54-,55+,56-/m1/s1. The number of hydrogen-bond acceptors (Lipinski definition) is 41. The fraction of sp³-hybridized carbons (Fsp3) is 0.929. The maximum atomic E-state index is 12.9. The van der Waals surface area contributed by atoms with E-state index in [1.165, 1.54) is 0 Å². The van der Waals surface area contributed by atoms with E-state index in [4.69, 9.17) is 71.1 Å². The molecule has 8 rings (SSSR count). The maximum absolute atomic E-state index is 12.9. The fourth-order valence-corrected chi connectivity index (χ4v) is 13.0. The molecule has 40 atom stereocenters. The fourth-order valence-electron chi connectivity index (χ4n) is 13.0. The van der Waals surface area contributed by atoms with Crippen LogP contribution in [0.1, 0.15) is 27.7 Å². The van der Waals surface area contributed by atoms with Crippen molar-refractivity contribution >= 4 is 23.6 Å². The smallest absolute Gasteiger partial charge is 0.217 e. The normalized spacial score (nSPS) is 48.3. The monoisotopic (exact) mass is 1480 g/mol. The number of nitrogens with one attached hydrogen (secondary N) is 4. The zero-order valence-electron chi connectivity index (χ0n) is 54.3. The van der Waals surface area contributed by atoms with Crippen LogP contribution in [0.4, 0.5) is 0 Å². The third-order valence-electron chi connectivity index (χ3n) is 18.2. The van der Waals surface area contributed by atoms with Crippen molar-refractivity contribution in [3.05, 3.63) is 0 Å². The van der Waals surface area contributed by atoms with Gasteiger partial charge in [-0.15, -0.1) is 0 Å². The maximum Gasteiger partial charge on any atom is 0.217 e. The van der Waals surface area contributed by atoms with E-state index in [2.05, 4.69) is 21.3 Å². The van der Waals surface area contributed by atoms with Gasteiger partial charge in [-0.25, -0.2) is 0 Å². The van der Waals surface area contributed by atoms with E-state index in [9.17, 15) is 132 Å². The molecule has 8 aliphatic rings. The highest BCUT2D eigenvalue weighted by atomic mass is 16.8. The summed E-state index contributed by atoms with van der Waals surface area (Å²) in [4.78, 5) is 50.2. The van der Waals surface area contributed by atoms with Gasteiger partial charge in [-0.05, 0) is 0 Å². The van der Waals surface area contributed by atoms with E-state index >= 15 is 0 Å². The van der Waals surface area contributed by atoms with Crippen LogP contribution in [-0.4, -0.2) is 434 Å². The van der Waals surface area contributed by atoms with Gasteiger partial charge in [-0.3, -0.25) is 19.2 Å². The number of hydrogen-bond donors (Lipinski definition) is 26. The summed E-state index contributed by atoms with van der Waals surface area (Å²) >= 11 is 0. The molecule has 45 nitrogen and oxygen atoms in total. The second-order valence-electron chi connectivity index (χ2n) is 25.4. The Morgan fingerprint density at radius 1 is 0.257 bits per heavy atom. The highest BCUT2D eigenvalue weighted by Crippen LogP contribution is 2.39. The average Bonchev–Trinajstić information content (AvgIpc) is 0.782. The van der Waals surface area contributed by atoms with Crippen LogP contribution < -0.4 is 21.3 Å². The van der Waals surface area contributed by atoms with Gasteiger partial charge in [0.15, 0.2) is 50.3 Å². The van der Waals surface area contributed by atoms with Crippen molar-refractivity contribution in [2.75, 3.05) is 52.9 Å². The molecule has 1 unspecified atom stereocenters. The molecule has 0 aromatic carbocycles. The van der Waals surface area contributed by atoms with Crippen molar-refractivity contribution in [3.63, 3.8) is 0 Å². The number of carbonyl (C=O) groups excluding carboxylic acids is 4. The molecule has 0 saturated carbocycles. The summed E-state index contributed by atoms with van der Waals surface area (Å²) < 4.78 is 88.7. The van der Waals surface area contributed by atoms with Gasteiger partial charge in [0.25, 0.3) is 0 Å². The molecule has 8 fully saturated rings. The third kappa shape index (κ3) is 18.5. The second-order valence-corrected chi connectivity index (χ2v) is 25.4. The predicted octanol–water partition coefficient (Wildman–Crippen LogP) is -17.9. The third-order valence-corrected chi connectivity index (χ3v) is 18.2. The van der Waals surface area contributed by atoms with Gasteiger partial charge in [0.2, 0.25) is 23.6 Å². The van der Waals surface area contributed by atoms with E-state index < -0.39 is 322 Å². The SMILES string of the molecule is CC(=O)N[C@H]1[C@H](O[C@H]2[C@H](O)[C@H](O[C@@H]3O[C@H](CO)[C@@H](O)[C@H](O)[C@H]3NC(C)=O)[C@@H](O[C@@H]3[C@H](O)[C@H](O[C@H]4[C@H](O)[C@@H](NC(C)=O)[C@H](O[C@H]5[C@H](O)[C@@H](NC(C)=O)C(O)O[C@@H]5CO)O[C@@H]4CO)O[C@H](CO[C@H]4O[C@H](CO)[C@@H](O)[C@H](O[C@H]5O[C@H](CO)[C@@H](O)[C@H](O)[C@@H]5O)[C@@H]4O)[C@H]3O)O[C@@H]2CO)O[C@H](CO)[C@@H](O)[C@H]1O. The molecule has 0 aromatic heterocycles. The quantitative estimate of drug-likeness (QED) is 0.0382. The summed E-state index contributed by atoms with van der Waals surface area (Å²) in [5.74, 6) is -3.44. The van der Waals surface area contributed by atoms with E-state index in [0.717, 1.165) is 27.7 Å². The molecular formula is C56H94N4O41. The van der Waals surface area contributed by atoms with Gasteiger partial charge in [0, 0.05) is 27.7 Å². The van der Waals surface area contributed by atoms with E-state index in [1.807, 2.05) is 0 Å². The first-order valence-electron chi connectivity index (χ1n) is 32.1. The molecule has 0 aliphatic carbocycles. The molecule has 4 amide bonds. The molecule has 101 heavy (non-hydrogen) atoms. The van der Waals surface area contributed by atoms with Crippen LogP contribution in [0.25, 0.3) is 0 Å². The van der Waals surface area contributed by atoms with Crippen LogP contribution in [0.2, 0.25) is 0 Å². The van der Waals surface area contributed by atoms with Crippen molar-refractivity contribution in [3.8, 4) is 0 Å². The molecule has 0 spiro atoms. The zero-order valence-corrected chi connectivity index (χ0v) is 54.3. The van der Waals surface area contributed by atoms with Crippen LogP contribution in [0.15, 0.2) is 0 Å². The number of ether oxygens (including phenoxy) is 15. The van der Waals surface area contributed by atoms with E-state index in [0.29, 0.717) is 0 Å². The lowest BCUT2D eigenvalue weighted by Crippen LogP contribution is -2.71. The number of rotatable bonds is 26. The van der Waals surface area contributed by atoms with E-state index in [1.54, 1.807) is 0 Å². The Morgan fingerprint density at radius 3 is 1.00 bits per heavy atom. The Bertz CT molecular complexity index is 2640. The van der Waals surface area contributed by atoms with Crippen molar-refractivity contribution in [2.24, 2.45) is 0 Å². The minimum atomic E-state index is -2.55. The Hall–Kier alpha value is -3.60. The van der Waals surface area contributed by atoms with Gasteiger partial charge in [-0.1, -0.05) is 0 Å². The molecule has 0 aromatic rings. The Kier molecular flexibility index (Phi) is 29.9. The zero-order chi connectivity index (χ0) is 74.5. The second kappa shape index (κ2) is 36.3. The average molecular weight is 1480 g/mol. The molecule has 8 heterocycles.